The van der Waals surface area contributed by atoms with Crippen LogP contribution in [0.4, 0.5) is 4.79 Å². The van der Waals surface area contributed by atoms with Crippen LogP contribution in [-0.4, -0.2) is 95.4 Å². The molecule has 5 amide bonds. The highest BCUT2D eigenvalue weighted by Gasteiger charge is 2.37. The van der Waals surface area contributed by atoms with Gasteiger partial charge >= 0.3 is 12.1 Å². The number of guanidine groups is 1. The van der Waals surface area contributed by atoms with Gasteiger partial charge in [0.2, 0.25) is 23.6 Å². The Kier molecular flexibility index (Phi) is 18.2. The normalized spacial score (nSPS) is 15.5. The van der Waals surface area contributed by atoms with E-state index in [4.69, 9.17) is 15.2 Å². The fourth-order valence-electron chi connectivity index (χ4n) is 5.87. The van der Waals surface area contributed by atoms with Gasteiger partial charge < -0.3 is 41.4 Å². The van der Waals surface area contributed by atoms with E-state index in [0.29, 0.717) is 6.42 Å². The van der Waals surface area contributed by atoms with E-state index in [2.05, 4.69) is 26.3 Å². The molecular weight excluding hydrogens is 742 g/mol. The van der Waals surface area contributed by atoms with Crippen LogP contribution in [0.2, 0.25) is 0 Å². The maximum absolute atomic E-state index is 13.9. The second kappa shape index (κ2) is 23.0. The van der Waals surface area contributed by atoms with Crippen molar-refractivity contribution >= 4 is 41.7 Å². The Morgan fingerprint density at radius 2 is 1.44 bits per heavy atom. The molecule has 1 heterocycles. The molecule has 57 heavy (non-hydrogen) atoms. The lowest BCUT2D eigenvalue weighted by Crippen LogP contribution is -2.59. The summed E-state index contributed by atoms with van der Waals surface area (Å²) in [7, 11) is 0. The average Bonchev–Trinajstić information content (AvgIpc) is 3.68. The van der Waals surface area contributed by atoms with Crippen molar-refractivity contribution < 1.29 is 43.3 Å². The van der Waals surface area contributed by atoms with Gasteiger partial charge in [-0.05, 0) is 48.6 Å². The molecule has 0 spiro atoms. The summed E-state index contributed by atoms with van der Waals surface area (Å²) in [6.45, 7) is 6.63. The van der Waals surface area contributed by atoms with Crippen LogP contribution < -0.4 is 32.4 Å². The summed E-state index contributed by atoms with van der Waals surface area (Å²) in [6, 6.07) is 13.6. The molecule has 19 heteroatoms. The van der Waals surface area contributed by atoms with Crippen LogP contribution in [0.15, 0.2) is 65.7 Å². The molecule has 310 valence electrons. The minimum absolute atomic E-state index is 0.00212. The van der Waals surface area contributed by atoms with E-state index < -0.39 is 83.3 Å². The molecule has 0 radical (unpaired) electrons. The highest BCUT2D eigenvalue weighted by molar-refractivity contribution is 5.95. The van der Waals surface area contributed by atoms with Crippen LogP contribution in [0.5, 0.6) is 0 Å². The Balaban J connectivity index is 1.68. The maximum atomic E-state index is 13.9. The SMILES string of the molecule is CC(C)[C@H](NC(=O)[C@H](CCCN=C(N)N[N+](=O)[O-])NC(=O)[C@@H]1CCCN1C(=O)CNC(=O)OCc1ccccc1)C(=O)N[C@H](C(=O)OCc1ccccc1)C(C)C. The number of nitrogens with zero attached hydrogens (tertiary/aromatic N) is 3. The summed E-state index contributed by atoms with van der Waals surface area (Å²) in [5.74, 6) is -4.50. The Morgan fingerprint density at radius 1 is 0.860 bits per heavy atom. The van der Waals surface area contributed by atoms with E-state index >= 15 is 0 Å². The minimum Gasteiger partial charge on any atom is -0.459 e. The van der Waals surface area contributed by atoms with Crippen LogP contribution >= 0.6 is 0 Å². The third kappa shape index (κ3) is 15.4. The number of carbonyl (C=O) groups excluding carboxylic acids is 6. The van der Waals surface area contributed by atoms with E-state index in [1.165, 1.54) is 4.90 Å². The molecule has 1 aliphatic heterocycles. The van der Waals surface area contributed by atoms with Crippen LogP contribution in [0.25, 0.3) is 0 Å². The first kappa shape index (κ1) is 45.1. The number of ether oxygens (including phenoxy) is 2. The lowest BCUT2D eigenvalue weighted by atomic mass is 9.99. The number of likely N-dealkylation sites (tertiary alicyclic amines) is 1. The molecule has 3 rings (SSSR count). The first-order valence-electron chi connectivity index (χ1n) is 18.7. The summed E-state index contributed by atoms with van der Waals surface area (Å²) >= 11 is 0. The third-order valence-electron chi connectivity index (χ3n) is 8.93. The summed E-state index contributed by atoms with van der Waals surface area (Å²) in [4.78, 5) is 95.5. The van der Waals surface area contributed by atoms with Crippen molar-refractivity contribution in [1.29, 1.82) is 0 Å². The van der Waals surface area contributed by atoms with E-state index in [1.54, 1.807) is 69.5 Å². The molecule has 0 aromatic heterocycles. The van der Waals surface area contributed by atoms with Gasteiger partial charge in [-0.1, -0.05) is 93.8 Å². The molecule has 1 saturated heterocycles. The number of benzene rings is 2. The Morgan fingerprint density at radius 3 is 2.02 bits per heavy atom. The molecule has 1 fully saturated rings. The maximum Gasteiger partial charge on any atom is 0.407 e. The van der Waals surface area contributed by atoms with Gasteiger partial charge in [0.05, 0.1) is 0 Å². The lowest BCUT2D eigenvalue weighted by molar-refractivity contribution is -0.525. The number of hydrazine groups is 1. The number of alkyl carbamates (subject to hydrolysis) is 1. The number of carbonyl (C=O) groups is 6. The quantitative estimate of drug-likeness (QED) is 0.0277. The lowest BCUT2D eigenvalue weighted by Gasteiger charge is -2.29. The van der Waals surface area contributed by atoms with Crippen LogP contribution in [0, 0.1) is 22.0 Å². The van der Waals surface area contributed by atoms with Crippen molar-refractivity contribution in [3.63, 3.8) is 0 Å². The fraction of sp³-hybridized carbons (Fsp3) is 0.500. The monoisotopic (exact) mass is 795 g/mol. The van der Waals surface area contributed by atoms with Crippen LogP contribution in [0.3, 0.4) is 0 Å². The molecule has 2 aromatic carbocycles. The van der Waals surface area contributed by atoms with Gasteiger partial charge in [0, 0.05) is 13.1 Å². The molecule has 0 unspecified atom stereocenters. The van der Waals surface area contributed by atoms with E-state index in [9.17, 15) is 38.9 Å². The number of aliphatic imine (C=N–C) groups is 1. The van der Waals surface area contributed by atoms with Gasteiger partial charge in [0.1, 0.15) is 43.9 Å². The zero-order valence-electron chi connectivity index (χ0n) is 32.6. The highest BCUT2D eigenvalue weighted by atomic mass is 16.7. The summed E-state index contributed by atoms with van der Waals surface area (Å²) in [5, 5.41) is 20.3. The van der Waals surface area contributed by atoms with Crippen molar-refractivity contribution in [3.8, 4) is 0 Å². The summed E-state index contributed by atoms with van der Waals surface area (Å²) < 4.78 is 10.6. The Hall–Kier alpha value is -6.27. The zero-order chi connectivity index (χ0) is 41.9. The number of nitrogens with two attached hydrogens (primary N) is 1. The van der Waals surface area contributed by atoms with Crippen molar-refractivity contribution in [3.05, 3.63) is 81.9 Å². The minimum atomic E-state index is -1.24. The number of esters is 1. The second-order valence-electron chi connectivity index (χ2n) is 14.1. The summed E-state index contributed by atoms with van der Waals surface area (Å²) in [6.07, 6.45) is 0.0493. The van der Waals surface area contributed by atoms with Crippen molar-refractivity contribution in [2.45, 2.75) is 90.8 Å². The predicted octanol–water partition coefficient (Wildman–Crippen LogP) is 1.29. The summed E-state index contributed by atoms with van der Waals surface area (Å²) in [5.41, 5.74) is 8.76. The number of nitro groups is 1. The molecule has 0 aliphatic carbocycles. The molecule has 1 aliphatic rings. The van der Waals surface area contributed by atoms with Gasteiger partial charge in [-0.25, -0.2) is 24.7 Å². The van der Waals surface area contributed by atoms with Crippen LogP contribution in [-0.2, 0) is 46.7 Å². The Labute approximate surface area is 331 Å². The molecule has 19 nitrogen and oxygen atoms in total. The third-order valence-corrected chi connectivity index (χ3v) is 8.93. The fourth-order valence-corrected chi connectivity index (χ4v) is 5.87. The van der Waals surface area contributed by atoms with Gasteiger partial charge in [-0.15, -0.1) is 0 Å². The standard InChI is InChI=1S/C38H53N9O10/c1-24(2)31(35(51)44-32(25(3)4)36(52)56-22-26-13-7-5-8-14-26)43-33(49)28(17-11-19-40-37(39)45-47(54)55)42-34(50)29-18-12-20-46(29)30(48)21-41-38(53)57-23-27-15-9-6-10-16-27/h5-10,13-16,24-25,28-29,31-32H,11-12,17-23H2,1-4H3,(H,41,53)(H,42,50)(H,43,49)(H,44,51)(H3,39,40,45)/t28-,29-,31-,32-/m0/s1. The molecule has 2 aromatic rings. The van der Waals surface area contributed by atoms with Gasteiger partial charge in [-0.3, -0.25) is 19.2 Å². The number of hydrogen-bond donors (Lipinski definition) is 6. The van der Waals surface area contributed by atoms with Gasteiger partial charge in [0.25, 0.3) is 5.96 Å². The van der Waals surface area contributed by atoms with E-state index in [-0.39, 0.29) is 51.5 Å². The number of amides is 5. The first-order chi connectivity index (χ1) is 27.2. The van der Waals surface area contributed by atoms with Gasteiger partial charge in [0.15, 0.2) is 5.03 Å². The highest BCUT2D eigenvalue weighted by Crippen LogP contribution is 2.18. The van der Waals surface area contributed by atoms with Crippen molar-refractivity contribution in [1.82, 2.24) is 31.6 Å². The molecule has 0 saturated carbocycles. The zero-order valence-corrected chi connectivity index (χ0v) is 32.6. The van der Waals surface area contributed by atoms with Gasteiger partial charge in [-0.2, -0.15) is 0 Å². The molecular formula is C38H53N9O10. The molecule has 0 bridgehead atoms. The number of hydrogen-bond acceptors (Lipinski definition) is 11. The predicted molar refractivity (Wildman–Crippen MR) is 207 cm³/mol. The molecule has 4 atom stereocenters. The van der Waals surface area contributed by atoms with Crippen molar-refractivity contribution in [2.75, 3.05) is 19.6 Å². The average molecular weight is 796 g/mol. The first-order valence-corrected chi connectivity index (χ1v) is 18.7. The second-order valence-corrected chi connectivity index (χ2v) is 14.1. The number of rotatable bonds is 20. The topological polar surface area (TPSA) is 266 Å². The van der Waals surface area contributed by atoms with E-state index in [1.807, 2.05) is 24.3 Å². The van der Waals surface area contributed by atoms with E-state index in [0.717, 1.165) is 11.1 Å². The van der Waals surface area contributed by atoms with Crippen LogP contribution in [0.1, 0.15) is 64.5 Å². The van der Waals surface area contributed by atoms with Crippen molar-refractivity contribution in [2.24, 2.45) is 22.6 Å². The largest absolute Gasteiger partial charge is 0.459 e. The smallest absolute Gasteiger partial charge is 0.407 e. The Bertz CT molecular complexity index is 1710. The molecule has 7 N–H and O–H groups in total. The number of nitrogens with one attached hydrogen (secondary N) is 5.